The molecule has 1 heterocycles. The van der Waals surface area contributed by atoms with Crippen LogP contribution in [0, 0.1) is 11.8 Å². The highest BCUT2D eigenvalue weighted by atomic mass is 16.4. The SMILES string of the molecule is CCCCCCC#CC(C)(O)CNC(Cc1c[nH]c2ccccc12)C(=O)O. The lowest BCUT2D eigenvalue weighted by Crippen LogP contribution is -2.46. The van der Waals surface area contributed by atoms with Crippen LogP contribution in [-0.4, -0.2) is 39.4 Å². The topological polar surface area (TPSA) is 85.4 Å². The third kappa shape index (κ3) is 6.74. The molecule has 0 aliphatic carbocycles. The van der Waals surface area contributed by atoms with Crippen LogP contribution in [0.15, 0.2) is 30.5 Å². The fourth-order valence-corrected chi connectivity index (χ4v) is 3.03. The van der Waals surface area contributed by atoms with E-state index in [1.165, 1.54) is 12.8 Å². The van der Waals surface area contributed by atoms with Gasteiger partial charge in [0.15, 0.2) is 0 Å². The molecular formula is C22H30N2O3. The fourth-order valence-electron chi connectivity index (χ4n) is 3.03. The van der Waals surface area contributed by atoms with Gasteiger partial charge in [0.05, 0.1) is 0 Å². The third-order valence-electron chi connectivity index (χ3n) is 4.60. The monoisotopic (exact) mass is 370 g/mol. The summed E-state index contributed by atoms with van der Waals surface area (Å²) in [5, 5.41) is 23.9. The Morgan fingerprint density at radius 2 is 2.07 bits per heavy atom. The number of carboxylic acid groups (broad SMARTS) is 1. The number of fused-ring (bicyclic) bond motifs is 1. The predicted molar refractivity (Wildman–Crippen MR) is 109 cm³/mol. The van der Waals surface area contributed by atoms with E-state index in [-0.39, 0.29) is 6.54 Å². The minimum absolute atomic E-state index is 0.105. The van der Waals surface area contributed by atoms with Crippen molar-refractivity contribution >= 4 is 16.9 Å². The first kappa shape index (κ1) is 21.0. The van der Waals surface area contributed by atoms with Crippen molar-refractivity contribution in [1.29, 1.82) is 0 Å². The molecule has 0 amide bonds. The Morgan fingerprint density at radius 3 is 2.81 bits per heavy atom. The number of unbranched alkanes of at least 4 members (excludes halogenated alkanes) is 4. The summed E-state index contributed by atoms with van der Waals surface area (Å²) in [6.07, 6.45) is 7.50. The molecule has 0 radical (unpaired) electrons. The van der Waals surface area contributed by atoms with Crippen LogP contribution in [0.1, 0.15) is 51.5 Å². The number of para-hydroxylation sites is 1. The molecule has 4 N–H and O–H groups in total. The average Bonchev–Trinajstić information content (AvgIpc) is 3.04. The number of aliphatic carboxylic acids is 1. The summed E-state index contributed by atoms with van der Waals surface area (Å²) in [5.41, 5.74) is 0.670. The smallest absolute Gasteiger partial charge is 0.321 e. The Balaban J connectivity index is 1.92. The predicted octanol–water partition coefficient (Wildman–Crippen LogP) is 3.48. The van der Waals surface area contributed by atoms with Gasteiger partial charge < -0.3 is 20.5 Å². The zero-order valence-corrected chi connectivity index (χ0v) is 16.2. The fraction of sp³-hybridized carbons (Fsp3) is 0.500. The number of rotatable bonds is 10. The Morgan fingerprint density at radius 1 is 1.30 bits per heavy atom. The van der Waals surface area contributed by atoms with Gasteiger partial charge in [-0.05, 0) is 25.0 Å². The highest BCUT2D eigenvalue weighted by Gasteiger charge is 2.24. The molecule has 1 aromatic heterocycles. The lowest BCUT2D eigenvalue weighted by atomic mass is 10.0. The molecule has 5 heteroatoms. The lowest BCUT2D eigenvalue weighted by Gasteiger charge is -2.21. The number of hydrogen-bond acceptors (Lipinski definition) is 3. The molecule has 2 rings (SSSR count). The molecule has 0 fully saturated rings. The van der Waals surface area contributed by atoms with Gasteiger partial charge >= 0.3 is 5.97 Å². The molecule has 0 saturated carbocycles. The van der Waals surface area contributed by atoms with Crippen molar-refractivity contribution in [3.05, 3.63) is 36.0 Å². The molecule has 2 atom stereocenters. The van der Waals surface area contributed by atoms with E-state index in [0.717, 1.165) is 35.7 Å². The number of aromatic amines is 1. The minimum Gasteiger partial charge on any atom is -0.480 e. The van der Waals surface area contributed by atoms with Gasteiger partial charge in [0.2, 0.25) is 0 Å². The highest BCUT2D eigenvalue weighted by molar-refractivity contribution is 5.84. The molecule has 0 aliphatic heterocycles. The van der Waals surface area contributed by atoms with E-state index in [9.17, 15) is 15.0 Å². The number of nitrogens with one attached hydrogen (secondary N) is 2. The molecular weight excluding hydrogens is 340 g/mol. The van der Waals surface area contributed by atoms with Crippen LogP contribution < -0.4 is 5.32 Å². The van der Waals surface area contributed by atoms with Gasteiger partial charge in [0, 0.05) is 36.5 Å². The summed E-state index contributed by atoms with van der Waals surface area (Å²) < 4.78 is 0. The van der Waals surface area contributed by atoms with Crippen molar-refractivity contribution in [3.63, 3.8) is 0 Å². The van der Waals surface area contributed by atoms with Crippen molar-refractivity contribution in [3.8, 4) is 11.8 Å². The van der Waals surface area contributed by atoms with E-state index in [2.05, 4.69) is 29.1 Å². The largest absolute Gasteiger partial charge is 0.480 e. The number of carbonyl (C=O) groups is 1. The van der Waals surface area contributed by atoms with Crippen LogP contribution in [0.2, 0.25) is 0 Å². The van der Waals surface area contributed by atoms with Crippen LogP contribution >= 0.6 is 0 Å². The maximum Gasteiger partial charge on any atom is 0.321 e. The van der Waals surface area contributed by atoms with Crippen LogP contribution in [0.5, 0.6) is 0 Å². The molecule has 5 nitrogen and oxygen atoms in total. The molecule has 1 aromatic carbocycles. The van der Waals surface area contributed by atoms with Gasteiger partial charge in [-0.2, -0.15) is 0 Å². The standard InChI is InChI=1S/C22H30N2O3/c1-3-4-5-6-7-10-13-22(2,27)16-24-20(21(25)26)14-17-15-23-19-12-9-8-11-18(17)19/h8-9,11-12,15,20,23-24,27H,3-7,14,16H2,1-2H3,(H,25,26). The minimum atomic E-state index is -1.25. The van der Waals surface area contributed by atoms with Crippen molar-refractivity contribution in [1.82, 2.24) is 10.3 Å². The molecule has 0 aliphatic rings. The first-order chi connectivity index (χ1) is 12.9. The number of carboxylic acids is 1. The molecule has 2 unspecified atom stereocenters. The molecule has 0 bridgehead atoms. The zero-order chi connectivity index (χ0) is 19.7. The van der Waals surface area contributed by atoms with Gasteiger partial charge in [-0.1, -0.05) is 50.3 Å². The number of hydrogen-bond donors (Lipinski definition) is 4. The van der Waals surface area contributed by atoms with E-state index >= 15 is 0 Å². The number of aliphatic hydroxyl groups is 1. The van der Waals surface area contributed by atoms with E-state index < -0.39 is 17.6 Å². The lowest BCUT2D eigenvalue weighted by molar-refractivity contribution is -0.139. The number of benzene rings is 1. The van der Waals surface area contributed by atoms with Crippen molar-refractivity contribution in [2.24, 2.45) is 0 Å². The Kier molecular flexibility index (Phi) is 7.90. The van der Waals surface area contributed by atoms with E-state index in [4.69, 9.17) is 0 Å². The number of aromatic nitrogens is 1. The molecule has 27 heavy (non-hydrogen) atoms. The van der Waals surface area contributed by atoms with Gasteiger partial charge in [0.1, 0.15) is 11.6 Å². The Labute approximate surface area is 161 Å². The quantitative estimate of drug-likeness (QED) is 0.381. The second-order valence-corrected chi connectivity index (χ2v) is 7.22. The van der Waals surface area contributed by atoms with Gasteiger partial charge in [-0.15, -0.1) is 5.92 Å². The van der Waals surface area contributed by atoms with Crippen LogP contribution in [0.4, 0.5) is 0 Å². The summed E-state index contributed by atoms with van der Waals surface area (Å²) in [6.45, 7) is 3.88. The Hall–Kier alpha value is -2.29. The van der Waals surface area contributed by atoms with Crippen molar-refractivity contribution in [2.45, 2.75) is 64.0 Å². The molecule has 0 saturated heterocycles. The number of H-pyrrole nitrogens is 1. The summed E-state index contributed by atoms with van der Waals surface area (Å²) >= 11 is 0. The summed E-state index contributed by atoms with van der Waals surface area (Å²) in [5.74, 6) is 4.94. The van der Waals surface area contributed by atoms with Gasteiger partial charge in [-0.3, -0.25) is 4.79 Å². The molecule has 0 spiro atoms. The molecule has 146 valence electrons. The van der Waals surface area contributed by atoms with Crippen LogP contribution in [0.3, 0.4) is 0 Å². The zero-order valence-electron chi connectivity index (χ0n) is 16.2. The van der Waals surface area contributed by atoms with Crippen molar-refractivity contribution < 1.29 is 15.0 Å². The van der Waals surface area contributed by atoms with Gasteiger partial charge in [0.25, 0.3) is 0 Å². The first-order valence-electron chi connectivity index (χ1n) is 9.66. The maximum atomic E-state index is 11.6. The van der Waals surface area contributed by atoms with Crippen molar-refractivity contribution in [2.75, 3.05) is 6.54 Å². The molecule has 2 aromatic rings. The second kappa shape index (κ2) is 10.1. The van der Waals surface area contributed by atoms with E-state index in [0.29, 0.717) is 6.42 Å². The van der Waals surface area contributed by atoms with Crippen LogP contribution in [0.25, 0.3) is 10.9 Å². The van der Waals surface area contributed by atoms with E-state index in [1.807, 2.05) is 30.5 Å². The second-order valence-electron chi connectivity index (χ2n) is 7.22. The normalized spacial score (nSPS) is 14.3. The van der Waals surface area contributed by atoms with Crippen LogP contribution in [-0.2, 0) is 11.2 Å². The summed E-state index contributed by atoms with van der Waals surface area (Å²) in [7, 11) is 0. The summed E-state index contributed by atoms with van der Waals surface area (Å²) in [6, 6.07) is 7.02. The highest BCUT2D eigenvalue weighted by Crippen LogP contribution is 2.19. The van der Waals surface area contributed by atoms with E-state index in [1.54, 1.807) is 6.92 Å². The maximum absolute atomic E-state index is 11.6. The summed E-state index contributed by atoms with van der Waals surface area (Å²) in [4.78, 5) is 14.8. The third-order valence-corrected chi connectivity index (χ3v) is 4.60. The van der Waals surface area contributed by atoms with Gasteiger partial charge in [-0.25, -0.2) is 0 Å². The Bertz CT molecular complexity index is 798. The first-order valence-corrected chi connectivity index (χ1v) is 9.66. The average molecular weight is 370 g/mol.